The number of hydrogen-bond donors (Lipinski definition) is 2. The summed E-state index contributed by atoms with van der Waals surface area (Å²) in [6.45, 7) is 1.19. The van der Waals surface area contributed by atoms with Gasteiger partial charge in [-0.2, -0.15) is 0 Å². The molecule has 0 aliphatic carbocycles. The van der Waals surface area contributed by atoms with Gasteiger partial charge in [0.15, 0.2) is 0 Å². The third-order valence-electron chi connectivity index (χ3n) is 5.73. The summed E-state index contributed by atoms with van der Waals surface area (Å²) in [6, 6.07) is 10.3. The monoisotopic (exact) mass is 405 g/mol. The molecule has 8 heteroatoms. The molecule has 1 atom stereocenters. The van der Waals surface area contributed by atoms with Crippen molar-refractivity contribution in [3.63, 3.8) is 0 Å². The van der Waals surface area contributed by atoms with Crippen LogP contribution in [0.4, 0.5) is 0 Å². The third kappa shape index (κ3) is 3.01. The zero-order valence-electron chi connectivity index (χ0n) is 16.1. The molecule has 30 heavy (non-hydrogen) atoms. The molecule has 3 aliphatic rings. The van der Waals surface area contributed by atoms with Gasteiger partial charge in [-0.1, -0.05) is 12.1 Å². The van der Waals surface area contributed by atoms with E-state index in [-0.39, 0.29) is 24.1 Å². The summed E-state index contributed by atoms with van der Waals surface area (Å²) in [6.07, 6.45) is 0.554. The number of fused-ring (bicyclic) bond motifs is 2. The van der Waals surface area contributed by atoms with Crippen molar-refractivity contribution in [1.29, 1.82) is 0 Å². The van der Waals surface area contributed by atoms with E-state index in [1.165, 1.54) is 4.90 Å². The number of ether oxygens (including phenoxy) is 1. The molecule has 1 saturated heterocycles. The fourth-order valence-electron chi connectivity index (χ4n) is 4.19. The van der Waals surface area contributed by atoms with E-state index in [2.05, 4.69) is 10.6 Å². The van der Waals surface area contributed by atoms with Crippen molar-refractivity contribution in [3.8, 4) is 16.9 Å². The Morgan fingerprint density at radius 1 is 0.967 bits per heavy atom. The number of hydrogen-bond acceptors (Lipinski definition) is 5. The molecule has 0 radical (unpaired) electrons. The molecule has 8 nitrogen and oxygen atoms in total. The van der Waals surface area contributed by atoms with Gasteiger partial charge in [-0.25, -0.2) is 0 Å². The van der Waals surface area contributed by atoms with Gasteiger partial charge in [0.25, 0.3) is 11.8 Å². The van der Waals surface area contributed by atoms with Crippen molar-refractivity contribution in [2.24, 2.45) is 0 Å². The van der Waals surface area contributed by atoms with Crippen LogP contribution in [0.5, 0.6) is 5.75 Å². The number of carbonyl (C=O) groups excluding carboxylic acids is 4. The number of benzene rings is 2. The molecule has 1 unspecified atom stereocenters. The molecule has 0 aromatic heterocycles. The summed E-state index contributed by atoms with van der Waals surface area (Å²) in [4.78, 5) is 50.3. The highest BCUT2D eigenvalue weighted by Crippen LogP contribution is 2.33. The minimum atomic E-state index is -0.639. The molecule has 2 N–H and O–H groups in total. The number of imide groups is 1. The zero-order chi connectivity index (χ0) is 20.8. The predicted octanol–water partition coefficient (Wildman–Crippen LogP) is 1.24. The minimum Gasteiger partial charge on any atom is -0.491 e. The fraction of sp³-hybridized carbons (Fsp3) is 0.273. The lowest BCUT2D eigenvalue weighted by Gasteiger charge is -2.29. The average Bonchev–Trinajstić information content (AvgIpc) is 2.94. The van der Waals surface area contributed by atoms with E-state index >= 15 is 0 Å². The Kier molecular flexibility index (Phi) is 4.27. The topological polar surface area (TPSA) is 105 Å². The van der Waals surface area contributed by atoms with Gasteiger partial charge in [-0.15, -0.1) is 0 Å². The Morgan fingerprint density at radius 2 is 1.77 bits per heavy atom. The van der Waals surface area contributed by atoms with Crippen LogP contribution in [0.25, 0.3) is 11.1 Å². The van der Waals surface area contributed by atoms with Crippen LogP contribution in [0.3, 0.4) is 0 Å². The van der Waals surface area contributed by atoms with E-state index < -0.39 is 11.9 Å². The van der Waals surface area contributed by atoms with Gasteiger partial charge < -0.3 is 15.0 Å². The van der Waals surface area contributed by atoms with Gasteiger partial charge in [0.1, 0.15) is 18.4 Å². The SMILES string of the molecule is O=C1CCC(N2Cc3cc(-c4ccc5c(c4)C(=O)NCCO5)ccc3C2=O)C(=O)N1. The number of piperidine rings is 1. The normalized spacial score (nSPS) is 20.7. The third-order valence-corrected chi connectivity index (χ3v) is 5.73. The van der Waals surface area contributed by atoms with Gasteiger partial charge in [-0.05, 0) is 47.4 Å². The first-order valence-corrected chi connectivity index (χ1v) is 9.84. The molecule has 0 spiro atoms. The van der Waals surface area contributed by atoms with Crippen molar-refractivity contribution in [1.82, 2.24) is 15.5 Å². The van der Waals surface area contributed by atoms with E-state index in [9.17, 15) is 19.2 Å². The first kappa shape index (κ1) is 18.4. The molecular weight excluding hydrogens is 386 g/mol. The van der Waals surface area contributed by atoms with Crippen LogP contribution in [-0.2, 0) is 16.1 Å². The number of nitrogens with zero attached hydrogens (tertiary/aromatic N) is 1. The van der Waals surface area contributed by atoms with Crippen LogP contribution >= 0.6 is 0 Å². The number of rotatable bonds is 2. The standard InChI is InChI=1S/C22H19N3O5/c26-19-6-4-17(21(28)24-19)25-11-14-9-12(1-3-15(14)22(25)29)13-2-5-18-16(10-13)20(27)23-7-8-30-18/h1-3,5,9-10,17H,4,6-8,11H2,(H,23,27)(H,24,26,28). The second kappa shape index (κ2) is 6.98. The Morgan fingerprint density at radius 3 is 2.60 bits per heavy atom. The molecule has 0 saturated carbocycles. The molecule has 4 amide bonds. The van der Waals surface area contributed by atoms with Gasteiger partial charge in [0, 0.05) is 18.5 Å². The molecule has 3 aliphatic heterocycles. The van der Waals surface area contributed by atoms with Crippen LogP contribution in [0.2, 0.25) is 0 Å². The highest BCUT2D eigenvalue weighted by Gasteiger charge is 2.39. The summed E-state index contributed by atoms with van der Waals surface area (Å²) in [5.41, 5.74) is 3.56. The van der Waals surface area contributed by atoms with Crippen LogP contribution in [-0.4, -0.2) is 47.7 Å². The van der Waals surface area contributed by atoms with E-state index in [0.717, 1.165) is 16.7 Å². The first-order valence-electron chi connectivity index (χ1n) is 9.84. The maximum Gasteiger partial charge on any atom is 0.255 e. The van der Waals surface area contributed by atoms with Crippen molar-refractivity contribution >= 4 is 23.6 Å². The lowest BCUT2D eigenvalue weighted by atomic mass is 9.98. The zero-order valence-corrected chi connectivity index (χ0v) is 16.1. The summed E-state index contributed by atoms with van der Waals surface area (Å²) in [5.74, 6) is -0.567. The van der Waals surface area contributed by atoms with E-state index in [1.54, 1.807) is 18.2 Å². The summed E-state index contributed by atoms with van der Waals surface area (Å²) >= 11 is 0. The maximum atomic E-state index is 12.8. The highest BCUT2D eigenvalue weighted by atomic mass is 16.5. The summed E-state index contributed by atoms with van der Waals surface area (Å²) in [5, 5.41) is 5.11. The molecule has 152 valence electrons. The van der Waals surface area contributed by atoms with Gasteiger partial charge >= 0.3 is 0 Å². The quantitative estimate of drug-likeness (QED) is 0.732. The average molecular weight is 405 g/mol. The highest BCUT2D eigenvalue weighted by molar-refractivity contribution is 6.05. The number of carbonyl (C=O) groups is 4. The Bertz CT molecular complexity index is 1110. The molecule has 0 bridgehead atoms. The van der Waals surface area contributed by atoms with Crippen LogP contribution in [0, 0.1) is 0 Å². The van der Waals surface area contributed by atoms with Crippen molar-refractivity contribution in [3.05, 3.63) is 53.1 Å². The van der Waals surface area contributed by atoms with E-state index in [4.69, 9.17) is 4.74 Å². The minimum absolute atomic E-state index is 0.176. The van der Waals surface area contributed by atoms with Crippen LogP contribution < -0.4 is 15.4 Å². The Hall–Kier alpha value is -3.68. The smallest absolute Gasteiger partial charge is 0.255 e. The fourth-order valence-corrected chi connectivity index (χ4v) is 4.19. The van der Waals surface area contributed by atoms with Crippen molar-refractivity contribution in [2.75, 3.05) is 13.2 Å². The molecule has 2 aromatic carbocycles. The number of nitrogens with one attached hydrogen (secondary N) is 2. The van der Waals surface area contributed by atoms with Crippen LogP contribution in [0.15, 0.2) is 36.4 Å². The summed E-state index contributed by atoms with van der Waals surface area (Å²) < 4.78 is 5.60. The molecule has 2 aromatic rings. The number of amides is 4. The lowest BCUT2D eigenvalue weighted by Crippen LogP contribution is -2.52. The lowest BCUT2D eigenvalue weighted by molar-refractivity contribution is -0.136. The van der Waals surface area contributed by atoms with E-state index in [0.29, 0.717) is 43.0 Å². The van der Waals surface area contributed by atoms with Gasteiger partial charge in [0.2, 0.25) is 11.8 Å². The second-order valence-corrected chi connectivity index (χ2v) is 7.59. The Labute approximate surface area is 172 Å². The molecule has 3 heterocycles. The second-order valence-electron chi connectivity index (χ2n) is 7.59. The molecular formula is C22H19N3O5. The first-order chi connectivity index (χ1) is 14.5. The van der Waals surface area contributed by atoms with E-state index in [1.807, 2.05) is 18.2 Å². The van der Waals surface area contributed by atoms with Gasteiger partial charge in [0.05, 0.1) is 12.1 Å². The summed E-state index contributed by atoms with van der Waals surface area (Å²) in [7, 11) is 0. The molecule has 1 fully saturated rings. The predicted molar refractivity (Wildman–Crippen MR) is 106 cm³/mol. The maximum absolute atomic E-state index is 12.8. The largest absolute Gasteiger partial charge is 0.491 e. The molecule has 5 rings (SSSR count). The van der Waals surface area contributed by atoms with Crippen molar-refractivity contribution < 1.29 is 23.9 Å². The Balaban J connectivity index is 1.44. The van der Waals surface area contributed by atoms with Crippen molar-refractivity contribution in [2.45, 2.75) is 25.4 Å². The van der Waals surface area contributed by atoms with Gasteiger partial charge in [-0.3, -0.25) is 24.5 Å². The van der Waals surface area contributed by atoms with Crippen LogP contribution in [0.1, 0.15) is 39.1 Å².